The van der Waals surface area contributed by atoms with Crippen molar-refractivity contribution in [2.75, 3.05) is 5.32 Å². The van der Waals surface area contributed by atoms with E-state index in [2.05, 4.69) is 59.9 Å². The molecule has 1 aromatic carbocycles. The maximum absolute atomic E-state index is 13.5. The Labute approximate surface area is 203 Å². The van der Waals surface area contributed by atoms with Gasteiger partial charge in [-0.05, 0) is 35.4 Å². The number of amides is 1. The summed E-state index contributed by atoms with van der Waals surface area (Å²) in [4.78, 5) is 33.6. The first-order valence-corrected chi connectivity index (χ1v) is 12.6. The van der Waals surface area contributed by atoms with Gasteiger partial charge in [-0.15, -0.1) is 11.3 Å². The predicted molar refractivity (Wildman–Crippen MR) is 135 cm³/mol. The average molecular weight is 478 g/mol. The van der Waals surface area contributed by atoms with E-state index in [1.54, 1.807) is 22.1 Å². The second-order valence-electron chi connectivity index (χ2n) is 10.2. The standard InChI is InChI=1S/C26H31N5O2S/c1-26(2,3)22(16-7-5-4-6-8-16)30-23-25(33)31-18(13-28-23)9-10-20(31)24(32)29-14-19-11-17-12-27-15-21(17)34-19/h4-8,11,13,20,22,27H,9-10,12,14-15H2,1-3H3,(H,28,30)(H,29,32)/t20-,22-/m0/s1. The molecule has 2 aliphatic heterocycles. The van der Waals surface area contributed by atoms with Crippen LogP contribution in [-0.4, -0.2) is 15.5 Å². The first kappa shape index (κ1) is 22.8. The molecule has 2 aromatic heterocycles. The van der Waals surface area contributed by atoms with E-state index in [9.17, 15) is 9.59 Å². The fourth-order valence-corrected chi connectivity index (χ4v) is 5.99. The third-order valence-corrected chi connectivity index (χ3v) is 7.80. The van der Waals surface area contributed by atoms with Gasteiger partial charge in [0, 0.05) is 34.7 Å². The van der Waals surface area contributed by atoms with Gasteiger partial charge in [-0.25, -0.2) is 4.98 Å². The fourth-order valence-electron chi connectivity index (χ4n) is 4.89. The molecule has 0 aliphatic carbocycles. The molecule has 0 bridgehead atoms. The molecule has 178 valence electrons. The Morgan fingerprint density at radius 2 is 2.06 bits per heavy atom. The Morgan fingerprint density at radius 3 is 2.79 bits per heavy atom. The minimum Gasteiger partial charge on any atom is -0.358 e. The first-order chi connectivity index (χ1) is 16.3. The number of fused-ring (bicyclic) bond motifs is 2. The van der Waals surface area contributed by atoms with Crippen LogP contribution in [0.2, 0.25) is 0 Å². The molecular weight excluding hydrogens is 446 g/mol. The molecule has 3 N–H and O–H groups in total. The lowest BCUT2D eigenvalue weighted by Crippen LogP contribution is -2.37. The zero-order valence-electron chi connectivity index (χ0n) is 19.9. The van der Waals surface area contributed by atoms with Gasteiger partial charge >= 0.3 is 0 Å². The van der Waals surface area contributed by atoms with Crippen molar-refractivity contribution in [1.29, 1.82) is 0 Å². The molecule has 0 saturated heterocycles. The van der Waals surface area contributed by atoms with E-state index < -0.39 is 6.04 Å². The van der Waals surface area contributed by atoms with Crippen LogP contribution < -0.4 is 21.5 Å². The molecule has 34 heavy (non-hydrogen) atoms. The number of nitrogens with one attached hydrogen (secondary N) is 3. The van der Waals surface area contributed by atoms with Crippen LogP contribution in [0.3, 0.4) is 0 Å². The number of anilines is 1. The molecule has 5 rings (SSSR count). The molecule has 7 nitrogen and oxygen atoms in total. The van der Waals surface area contributed by atoms with E-state index in [4.69, 9.17) is 0 Å². The summed E-state index contributed by atoms with van der Waals surface area (Å²) in [7, 11) is 0. The second kappa shape index (κ2) is 9.00. The van der Waals surface area contributed by atoms with E-state index in [0.717, 1.165) is 29.2 Å². The number of aromatic nitrogens is 2. The van der Waals surface area contributed by atoms with Gasteiger partial charge in [-0.3, -0.25) is 14.2 Å². The number of hydrogen-bond donors (Lipinski definition) is 3. The summed E-state index contributed by atoms with van der Waals surface area (Å²) in [6.45, 7) is 8.70. The van der Waals surface area contributed by atoms with E-state index >= 15 is 0 Å². The van der Waals surface area contributed by atoms with Crippen LogP contribution >= 0.6 is 11.3 Å². The van der Waals surface area contributed by atoms with Gasteiger partial charge in [0.05, 0.1) is 12.6 Å². The van der Waals surface area contributed by atoms with Crippen LogP contribution in [0.4, 0.5) is 5.82 Å². The van der Waals surface area contributed by atoms with Gasteiger partial charge in [-0.1, -0.05) is 51.1 Å². The highest BCUT2D eigenvalue weighted by Gasteiger charge is 2.32. The molecule has 3 aromatic rings. The SMILES string of the molecule is CC(C)(C)[C@@H](Nc1ncc2n(c1=O)[C@H](C(=O)NCc1cc3c(s1)CNC3)CC2)c1ccccc1. The minimum atomic E-state index is -0.510. The van der Waals surface area contributed by atoms with Crippen molar-refractivity contribution < 1.29 is 4.79 Å². The third-order valence-electron chi connectivity index (χ3n) is 6.63. The highest BCUT2D eigenvalue weighted by atomic mass is 32.1. The zero-order chi connectivity index (χ0) is 23.9. The molecule has 0 unspecified atom stereocenters. The van der Waals surface area contributed by atoms with Crippen molar-refractivity contribution >= 4 is 23.1 Å². The van der Waals surface area contributed by atoms with Gasteiger partial charge in [0.2, 0.25) is 5.91 Å². The minimum absolute atomic E-state index is 0.100. The Balaban J connectivity index is 1.35. The maximum atomic E-state index is 13.5. The summed E-state index contributed by atoms with van der Waals surface area (Å²) in [6, 6.07) is 11.6. The van der Waals surface area contributed by atoms with Gasteiger partial charge < -0.3 is 16.0 Å². The normalized spacial score (nSPS) is 17.8. The van der Waals surface area contributed by atoms with E-state index in [-0.39, 0.29) is 28.7 Å². The summed E-state index contributed by atoms with van der Waals surface area (Å²) >= 11 is 1.74. The number of nitrogens with zero attached hydrogens (tertiary/aromatic N) is 2. The topological polar surface area (TPSA) is 88.0 Å². The summed E-state index contributed by atoms with van der Waals surface area (Å²) in [6.07, 6.45) is 3.01. The lowest BCUT2D eigenvalue weighted by Gasteiger charge is -2.32. The summed E-state index contributed by atoms with van der Waals surface area (Å²) in [5, 5.41) is 9.78. The van der Waals surface area contributed by atoms with E-state index in [1.807, 2.05) is 18.2 Å². The number of carbonyl (C=O) groups excluding carboxylic acids is 1. The third kappa shape index (κ3) is 4.40. The van der Waals surface area contributed by atoms with E-state index in [1.165, 1.54) is 10.4 Å². The molecule has 2 atom stereocenters. The number of hydrogen-bond acceptors (Lipinski definition) is 6. The van der Waals surface area contributed by atoms with Gasteiger partial charge in [-0.2, -0.15) is 0 Å². The van der Waals surface area contributed by atoms with E-state index in [0.29, 0.717) is 19.4 Å². The molecule has 1 amide bonds. The molecule has 0 radical (unpaired) electrons. The summed E-state index contributed by atoms with van der Waals surface area (Å²) in [5.41, 5.74) is 2.84. The summed E-state index contributed by atoms with van der Waals surface area (Å²) in [5.74, 6) is 0.175. The van der Waals surface area contributed by atoms with Crippen molar-refractivity contribution in [2.24, 2.45) is 5.41 Å². The average Bonchev–Trinajstić information content (AvgIpc) is 3.52. The largest absolute Gasteiger partial charge is 0.358 e. The quantitative estimate of drug-likeness (QED) is 0.501. The predicted octanol–water partition coefficient (Wildman–Crippen LogP) is 3.91. The lowest BCUT2D eigenvalue weighted by molar-refractivity contribution is -0.124. The maximum Gasteiger partial charge on any atom is 0.294 e. The molecule has 0 saturated carbocycles. The number of carbonyl (C=O) groups is 1. The van der Waals surface area contributed by atoms with Gasteiger partial charge in [0.15, 0.2) is 5.82 Å². The number of benzene rings is 1. The Hall–Kier alpha value is -2.97. The van der Waals surface area contributed by atoms with Crippen LogP contribution in [0.15, 0.2) is 47.4 Å². The smallest absolute Gasteiger partial charge is 0.294 e. The van der Waals surface area contributed by atoms with Crippen LogP contribution in [0.1, 0.15) is 65.9 Å². The highest BCUT2D eigenvalue weighted by Crippen LogP contribution is 2.35. The molecule has 8 heteroatoms. The zero-order valence-corrected chi connectivity index (χ0v) is 20.7. The van der Waals surface area contributed by atoms with Crippen LogP contribution in [0.5, 0.6) is 0 Å². The van der Waals surface area contributed by atoms with Crippen molar-refractivity contribution in [1.82, 2.24) is 20.2 Å². The van der Waals surface area contributed by atoms with Crippen molar-refractivity contribution in [3.05, 3.63) is 79.5 Å². The Morgan fingerprint density at radius 1 is 1.26 bits per heavy atom. The van der Waals surface area contributed by atoms with Crippen molar-refractivity contribution in [2.45, 2.75) is 65.3 Å². The fraction of sp³-hybridized carbons (Fsp3) is 0.423. The molecular formula is C26H31N5O2S. The molecule has 4 heterocycles. The van der Waals surface area contributed by atoms with Crippen molar-refractivity contribution in [3.8, 4) is 0 Å². The van der Waals surface area contributed by atoms with Gasteiger partial charge in [0.1, 0.15) is 6.04 Å². The Bertz CT molecular complexity index is 1240. The van der Waals surface area contributed by atoms with Crippen molar-refractivity contribution in [3.63, 3.8) is 0 Å². The number of thiophene rings is 1. The molecule has 2 aliphatic rings. The van der Waals surface area contributed by atoms with Gasteiger partial charge in [0.25, 0.3) is 5.56 Å². The number of aryl methyl sites for hydroxylation is 1. The molecule has 0 spiro atoms. The monoisotopic (exact) mass is 477 g/mol. The van der Waals surface area contributed by atoms with Crippen LogP contribution in [0, 0.1) is 5.41 Å². The second-order valence-corrected chi connectivity index (χ2v) is 11.4. The lowest BCUT2D eigenvalue weighted by atomic mass is 9.82. The number of rotatable bonds is 6. The van der Waals surface area contributed by atoms with Crippen LogP contribution in [-0.2, 0) is 30.8 Å². The first-order valence-electron chi connectivity index (χ1n) is 11.8. The highest BCUT2D eigenvalue weighted by molar-refractivity contribution is 7.12. The summed E-state index contributed by atoms with van der Waals surface area (Å²) < 4.78 is 1.63. The Kier molecular flexibility index (Phi) is 6.04. The van der Waals surface area contributed by atoms with Crippen LogP contribution in [0.25, 0.3) is 0 Å². The molecule has 0 fully saturated rings.